The van der Waals surface area contributed by atoms with Crippen molar-refractivity contribution in [2.75, 3.05) is 13.1 Å². The molecule has 0 rings (SSSR count). The van der Waals surface area contributed by atoms with Crippen LogP contribution in [0.3, 0.4) is 0 Å². The number of hydrogen-bond donors (Lipinski definition) is 2. The summed E-state index contributed by atoms with van der Waals surface area (Å²) in [6, 6.07) is 0. The van der Waals surface area contributed by atoms with Crippen LogP contribution in [0.2, 0.25) is 0 Å². The van der Waals surface area contributed by atoms with E-state index in [-0.39, 0.29) is 11.8 Å². The molecule has 4 heteroatoms. The van der Waals surface area contributed by atoms with E-state index in [2.05, 4.69) is 17.6 Å². The third-order valence-corrected chi connectivity index (χ3v) is 2.02. The topological polar surface area (TPSA) is 58.2 Å². The van der Waals surface area contributed by atoms with Crippen molar-refractivity contribution in [3.05, 3.63) is 0 Å². The van der Waals surface area contributed by atoms with Crippen LogP contribution in [0.15, 0.2) is 0 Å². The van der Waals surface area contributed by atoms with E-state index < -0.39 is 0 Å². The first-order valence-corrected chi connectivity index (χ1v) is 5.01. The average Bonchev–Trinajstić information content (AvgIpc) is 2.02. The molecule has 2 amide bonds. The SMILES string of the molecule is CC(=O)NCCC(C)CCNC(C)=O. The summed E-state index contributed by atoms with van der Waals surface area (Å²) in [5.41, 5.74) is 0. The molecule has 0 aliphatic carbocycles. The molecule has 0 aromatic carbocycles. The summed E-state index contributed by atoms with van der Waals surface area (Å²) in [7, 11) is 0. The van der Waals surface area contributed by atoms with Gasteiger partial charge < -0.3 is 10.6 Å². The van der Waals surface area contributed by atoms with Crippen molar-refractivity contribution >= 4 is 11.8 Å². The number of hydrogen-bond acceptors (Lipinski definition) is 2. The van der Waals surface area contributed by atoms with Crippen LogP contribution in [0.5, 0.6) is 0 Å². The minimum Gasteiger partial charge on any atom is -0.356 e. The molecule has 0 saturated heterocycles. The normalized spacial score (nSPS) is 10.0. The zero-order valence-corrected chi connectivity index (χ0v) is 9.22. The van der Waals surface area contributed by atoms with Crippen molar-refractivity contribution < 1.29 is 9.59 Å². The molecule has 0 aliphatic rings. The van der Waals surface area contributed by atoms with Crippen molar-refractivity contribution in [2.24, 2.45) is 5.92 Å². The zero-order valence-electron chi connectivity index (χ0n) is 9.22. The molecule has 2 N–H and O–H groups in total. The van der Waals surface area contributed by atoms with Crippen LogP contribution >= 0.6 is 0 Å². The standard InChI is InChI=1S/C10H20N2O2/c1-8(4-6-11-9(2)13)5-7-12-10(3)14/h8H,4-7H2,1-3H3,(H,11,13)(H,12,14). The van der Waals surface area contributed by atoms with E-state index in [0.29, 0.717) is 5.92 Å². The Morgan fingerprint density at radius 1 is 1.00 bits per heavy atom. The summed E-state index contributed by atoms with van der Waals surface area (Å²) in [6.07, 6.45) is 1.92. The molecule has 0 unspecified atom stereocenters. The van der Waals surface area contributed by atoms with Crippen LogP contribution in [0, 0.1) is 5.92 Å². The van der Waals surface area contributed by atoms with Gasteiger partial charge in [-0.1, -0.05) is 6.92 Å². The van der Waals surface area contributed by atoms with Gasteiger partial charge in [0.2, 0.25) is 11.8 Å². The van der Waals surface area contributed by atoms with Crippen molar-refractivity contribution in [3.8, 4) is 0 Å². The van der Waals surface area contributed by atoms with Crippen LogP contribution in [-0.2, 0) is 9.59 Å². The third kappa shape index (κ3) is 9.03. The Balaban J connectivity index is 3.32. The van der Waals surface area contributed by atoms with Crippen LogP contribution in [0.4, 0.5) is 0 Å². The molecular weight excluding hydrogens is 180 g/mol. The van der Waals surface area contributed by atoms with Gasteiger partial charge in [-0.2, -0.15) is 0 Å². The Morgan fingerprint density at radius 2 is 1.36 bits per heavy atom. The molecule has 0 radical (unpaired) electrons. The van der Waals surface area contributed by atoms with Gasteiger partial charge in [0.05, 0.1) is 0 Å². The molecular formula is C10H20N2O2. The first kappa shape index (κ1) is 12.9. The molecule has 0 aromatic heterocycles. The smallest absolute Gasteiger partial charge is 0.216 e. The molecule has 0 aromatic rings. The fourth-order valence-electron chi connectivity index (χ4n) is 1.13. The van der Waals surface area contributed by atoms with E-state index >= 15 is 0 Å². The van der Waals surface area contributed by atoms with E-state index in [1.807, 2.05) is 0 Å². The quantitative estimate of drug-likeness (QED) is 0.662. The second-order valence-electron chi connectivity index (χ2n) is 3.65. The third-order valence-electron chi connectivity index (χ3n) is 2.02. The monoisotopic (exact) mass is 200 g/mol. The lowest BCUT2D eigenvalue weighted by Gasteiger charge is -2.11. The molecule has 0 heterocycles. The van der Waals surface area contributed by atoms with Crippen molar-refractivity contribution in [1.82, 2.24) is 10.6 Å². The largest absolute Gasteiger partial charge is 0.356 e. The number of carbonyl (C=O) groups is 2. The van der Waals surface area contributed by atoms with E-state index in [1.54, 1.807) is 0 Å². The van der Waals surface area contributed by atoms with E-state index in [0.717, 1.165) is 25.9 Å². The lowest BCUT2D eigenvalue weighted by atomic mass is 10.0. The lowest BCUT2D eigenvalue weighted by Crippen LogP contribution is -2.25. The van der Waals surface area contributed by atoms with Gasteiger partial charge in [0, 0.05) is 26.9 Å². The zero-order chi connectivity index (χ0) is 11.0. The van der Waals surface area contributed by atoms with Crippen molar-refractivity contribution in [2.45, 2.75) is 33.6 Å². The Bertz CT molecular complexity index is 173. The maximum absolute atomic E-state index is 10.6. The molecule has 14 heavy (non-hydrogen) atoms. The summed E-state index contributed by atoms with van der Waals surface area (Å²) in [6.45, 7) is 6.58. The second kappa shape index (κ2) is 7.35. The fraction of sp³-hybridized carbons (Fsp3) is 0.800. The molecule has 0 atom stereocenters. The highest BCUT2D eigenvalue weighted by molar-refractivity contribution is 5.73. The molecule has 0 bridgehead atoms. The first-order valence-electron chi connectivity index (χ1n) is 5.01. The number of amides is 2. The minimum atomic E-state index is 0.0130. The second-order valence-corrected chi connectivity index (χ2v) is 3.65. The highest BCUT2D eigenvalue weighted by atomic mass is 16.1. The van der Waals surface area contributed by atoms with Crippen LogP contribution in [-0.4, -0.2) is 24.9 Å². The Kier molecular flexibility index (Phi) is 6.80. The summed E-state index contributed by atoms with van der Waals surface area (Å²) in [4.78, 5) is 21.1. The molecule has 0 spiro atoms. The van der Waals surface area contributed by atoms with Crippen molar-refractivity contribution in [3.63, 3.8) is 0 Å². The fourth-order valence-corrected chi connectivity index (χ4v) is 1.13. The van der Waals surface area contributed by atoms with Crippen LogP contribution in [0.25, 0.3) is 0 Å². The average molecular weight is 200 g/mol. The van der Waals surface area contributed by atoms with E-state index in [4.69, 9.17) is 0 Å². The highest BCUT2D eigenvalue weighted by Gasteiger charge is 2.02. The first-order chi connectivity index (χ1) is 6.52. The predicted octanol–water partition coefficient (Wildman–Crippen LogP) is 0.675. The van der Waals surface area contributed by atoms with Gasteiger partial charge in [-0.15, -0.1) is 0 Å². The molecule has 4 nitrogen and oxygen atoms in total. The summed E-state index contributed by atoms with van der Waals surface area (Å²) in [5.74, 6) is 0.548. The Hall–Kier alpha value is -1.06. The molecule has 0 aliphatic heterocycles. The van der Waals surface area contributed by atoms with Gasteiger partial charge in [0.15, 0.2) is 0 Å². The van der Waals surface area contributed by atoms with Gasteiger partial charge in [0.25, 0.3) is 0 Å². The minimum absolute atomic E-state index is 0.0130. The van der Waals surface area contributed by atoms with Gasteiger partial charge >= 0.3 is 0 Å². The summed E-state index contributed by atoms with van der Waals surface area (Å²) >= 11 is 0. The maximum Gasteiger partial charge on any atom is 0.216 e. The Labute approximate surface area is 85.4 Å². The van der Waals surface area contributed by atoms with Crippen molar-refractivity contribution in [1.29, 1.82) is 0 Å². The van der Waals surface area contributed by atoms with Gasteiger partial charge in [0.1, 0.15) is 0 Å². The molecule has 0 saturated carbocycles. The summed E-state index contributed by atoms with van der Waals surface area (Å²) in [5, 5.41) is 5.50. The van der Waals surface area contributed by atoms with Crippen LogP contribution in [0.1, 0.15) is 33.6 Å². The highest BCUT2D eigenvalue weighted by Crippen LogP contribution is 2.04. The number of rotatable bonds is 6. The van der Waals surface area contributed by atoms with E-state index in [9.17, 15) is 9.59 Å². The lowest BCUT2D eigenvalue weighted by molar-refractivity contribution is -0.119. The molecule has 82 valence electrons. The van der Waals surface area contributed by atoms with Gasteiger partial charge in [-0.3, -0.25) is 9.59 Å². The maximum atomic E-state index is 10.6. The molecule has 0 fully saturated rings. The van der Waals surface area contributed by atoms with Gasteiger partial charge in [-0.25, -0.2) is 0 Å². The van der Waals surface area contributed by atoms with E-state index in [1.165, 1.54) is 13.8 Å². The summed E-state index contributed by atoms with van der Waals surface area (Å²) < 4.78 is 0. The number of nitrogens with one attached hydrogen (secondary N) is 2. The van der Waals surface area contributed by atoms with Gasteiger partial charge in [-0.05, 0) is 18.8 Å². The predicted molar refractivity (Wildman–Crippen MR) is 55.8 cm³/mol. The van der Waals surface area contributed by atoms with Crippen LogP contribution < -0.4 is 10.6 Å². The number of carbonyl (C=O) groups excluding carboxylic acids is 2. The Morgan fingerprint density at radius 3 is 1.64 bits per heavy atom.